The van der Waals surface area contributed by atoms with Crippen LogP contribution in [-0.2, 0) is 4.74 Å². The fraction of sp³-hybridized carbons (Fsp3) is 0.722. The average molecular weight is 383 g/mol. The molecule has 0 bridgehead atoms. The number of hydrogen-bond donors (Lipinski definition) is 1. The molecule has 2 heterocycles. The Bertz CT molecular complexity index is 598. The lowest BCUT2D eigenvalue weighted by molar-refractivity contribution is 0.0132. The van der Waals surface area contributed by atoms with Crippen LogP contribution in [0.25, 0.3) is 0 Å². The Labute approximate surface area is 159 Å². The zero-order valence-corrected chi connectivity index (χ0v) is 17.1. The summed E-state index contributed by atoms with van der Waals surface area (Å²) >= 11 is 1.40. The molecule has 1 N–H and O–H groups in total. The molecule has 0 aromatic carbocycles. The van der Waals surface area contributed by atoms with Crippen LogP contribution in [0.15, 0.2) is 11.6 Å². The molecule has 1 saturated heterocycles. The summed E-state index contributed by atoms with van der Waals surface area (Å²) in [5.74, 6) is 0.237. The highest BCUT2D eigenvalue weighted by atomic mass is 32.1. The summed E-state index contributed by atoms with van der Waals surface area (Å²) in [5, 5.41) is 5.27. The summed E-state index contributed by atoms with van der Waals surface area (Å²) in [6.45, 7) is 11.5. The van der Waals surface area contributed by atoms with E-state index < -0.39 is 5.60 Å². The molecule has 3 amide bonds. The van der Waals surface area contributed by atoms with Crippen LogP contribution in [0, 0.1) is 5.92 Å². The van der Waals surface area contributed by atoms with Crippen molar-refractivity contribution in [2.24, 2.45) is 5.92 Å². The van der Waals surface area contributed by atoms with E-state index in [4.69, 9.17) is 4.74 Å². The number of amides is 3. The molecule has 1 aromatic rings. The molecule has 0 saturated carbocycles. The first kappa shape index (κ1) is 20.5. The maximum Gasteiger partial charge on any atom is 0.410 e. The Balaban J connectivity index is 1.94. The predicted octanol–water partition coefficient (Wildman–Crippen LogP) is 4.03. The van der Waals surface area contributed by atoms with Crippen molar-refractivity contribution in [2.75, 3.05) is 25.0 Å². The van der Waals surface area contributed by atoms with E-state index in [1.54, 1.807) is 11.1 Å². The molecule has 1 atom stereocenters. The second-order valence-electron chi connectivity index (χ2n) is 7.95. The molecular weight excluding hydrogens is 352 g/mol. The summed E-state index contributed by atoms with van der Waals surface area (Å²) in [5.41, 5.74) is -0.517. The predicted molar refractivity (Wildman–Crippen MR) is 104 cm³/mol. The van der Waals surface area contributed by atoms with Gasteiger partial charge < -0.3 is 14.5 Å². The first-order chi connectivity index (χ1) is 12.2. The van der Waals surface area contributed by atoms with E-state index in [1.165, 1.54) is 11.3 Å². The van der Waals surface area contributed by atoms with Crippen LogP contribution in [0.3, 0.4) is 0 Å². The van der Waals surface area contributed by atoms with Gasteiger partial charge in [0, 0.05) is 37.3 Å². The van der Waals surface area contributed by atoms with Crippen LogP contribution >= 0.6 is 11.3 Å². The molecule has 0 aliphatic carbocycles. The summed E-state index contributed by atoms with van der Waals surface area (Å²) in [6.07, 6.45) is 3.29. The van der Waals surface area contributed by atoms with Crippen LogP contribution in [-0.4, -0.2) is 58.2 Å². The van der Waals surface area contributed by atoms with E-state index >= 15 is 0 Å². The first-order valence-electron chi connectivity index (χ1n) is 9.11. The second kappa shape index (κ2) is 8.70. The third-order valence-corrected chi connectivity index (χ3v) is 4.85. The highest BCUT2D eigenvalue weighted by molar-refractivity contribution is 7.13. The Kier molecular flexibility index (Phi) is 6.86. The molecule has 8 heteroatoms. The summed E-state index contributed by atoms with van der Waals surface area (Å²) < 4.78 is 5.53. The van der Waals surface area contributed by atoms with Crippen molar-refractivity contribution in [1.82, 2.24) is 14.8 Å². The van der Waals surface area contributed by atoms with Gasteiger partial charge in [-0.15, -0.1) is 11.3 Å². The maximum atomic E-state index is 12.5. The van der Waals surface area contributed by atoms with Crippen molar-refractivity contribution in [1.29, 1.82) is 0 Å². The lowest BCUT2D eigenvalue weighted by Crippen LogP contribution is -2.48. The minimum Gasteiger partial charge on any atom is -0.444 e. The molecule has 26 heavy (non-hydrogen) atoms. The van der Waals surface area contributed by atoms with Gasteiger partial charge in [-0.25, -0.2) is 14.6 Å². The van der Waals surface area contributed by atoms with E-state index in [9.17, 15) is 9.59 Å². The maximum absolute atomic E-state index is 12.5. The lowest BCUT2D eigenvalue weighted by Gasteiger charge is -2.37. The SMILES string of the molecule is CC(C)N(C[C@@H]1CCCN(C(=O)Nc2nccs2)C1)C(=O)OC(C)(C)C. The van der Waals surface area contributed by atoms with Crippen molar-refractivity contribution in [2.45, 2.75) is 59.1 Å². The molecule has 1 fully saturated rings. The minimum atomic E-state index is -0.517. The third-order valence-electron chi connectivity index (χ3n) is 4.16. The topological polar surface area (TPSA) is 74.8 Å². The quantitative estimate of drug-likeness (QED) is 0.853. The van der Waals surface area contributed by atoms with E-state index in [2.05, 4.69) is 10.3 Å². The number of carbonyl (C=O) groups excluding carboxylic acids is 2. The van der Waals surface area contributed by atoms with Crippen LogP contribution in [0.1, 0.15) is 47.5 Å². The van der Waals surface area contributed by atoms with Gasteiger partial charge in [-0.05, 0) is 53.4 Å². The summed E-state index contributed by atoms with van der Waals surface area (Å²) in [7, 11) is 0. The van der Waals surface area contributed by atoms with Gasteiger partial charge in [0.05, 0.1) is 0 Å². The Hall–Kier alpha value is -1.83. The lowest BCUT2D eigenvalue weighted by atomic mass is 9.97. The van der Waals surface area contributed by atoms with Crippen molar-refractivity contribution >= 4 is 28.6 Å². The third kappa shape index (κ3) is 6.16. The monoisotopic (exact) mass is 382 g/mol. The minimum absolute atomic E-state index is 0.0457. The van der Waals surface area contributed by atoms with Gasteiger partial charge in [0.1, 0.15) is 5.60 Å². The number of nitrogens with one attached hydrogen (secondary N) is 1. The second-order valence-corrected chi connectivity index (χ2v) is 8.84. The number of piperidine rings is 1. The van der Waals surface area contributed by atoms with E-state index in [0.717, 1.165) is 19.4 Å². The molecule has 0 radical (unpaired) electrons. The molecular formula is C18H30N4O3S. The van der Waals surface area contributed by atoms with Crippen LogP contribution < -0.4 is 5.32 Å². The molecule has 0 spiro atoms. The number of urea groups is 1. The van der Waals surface area contributed by atoms with Crippen molar-refractivity contribution in [3.63, 3.8) is 0 Å². The number of anilines is 1. The van der Waals surface area contributed by atoms with Gasteiger partial charge in [0.15, 0.2) is 5.13 Å². The van der Waals surface area contributed by atoms with Crippen LogP contribution in [0.2, 0.25) is 0 Å². The van der Waals surface area contributed by atoms with Gasteiger partial charge in [-0.1, -0.05) is 0 Å². The summed E-state index contributed by atoms with van der Waals surface area (Å²) in [4.78, 5) is 32.6. The Morgan fingerprint density at radius 1 is 1.46 bits per heavy atom. The molecule has 1 aliphatic heterocycles. The van der Waals surface area contributed by atoms with Gasteiger partial charge in [0.25, 0.3) is 0 Å². The van der Waals surface area contributed by atoms with Gasteiger partial charge in [0.2, 0.25) is 0 Å². The molecule has 0 unspecified atom stereocenters. The number of rotatable bonds is 4. The molecule has 146 valence electrons. The average Bonchev–Trinajstić information content (AvgIpc) is 3.03. The van der Waals surface area contributed by atoms with Gasteiger partial charge >= 0.3 is 12.1 Å². The van der Waals surface area contributed by atoms with Crippen LogP contribution in [0.5, 0.6) is 0 Å². The van der Waals surface area contributed by atoms with Crippen molar-refractivity contribution in [3.8, 4) is 0 Å². The van der Waals surface area contributed by atoms with E-state index in [0.29, 0.717) is 18.2 Å². The Morgan fingerprint density at radius 3 is 2.77 bits per heavy atom. The largest absolute Gasteiger partial charge is 0.444 e. The highest BCUT2D eigenvalue weighted by Crippen LogP contribution is 2.21. The number of carbonyl (C=O) groups is 2. The fourth-order valence-electron chi connectivity index (χ4n) is 2.95. The summed E-state index contributed by atoms with van der Waals surface area (Å²) in [6, 6.07) is -0.0811. The van der Waals surface area contributed by atoms with E-state index in [-0.39, 0.29) is 24.1 Å². The van der Waals surface area contributed by atoms with E-state index in [1.807, 2.05) is 44.9 Å². The highest BCUT2D eigenvalue weighted by Gasteiger charge is 2.30. The molecule has 2 rings (SSSR count). The number of nitrogens with zero attached hydrogens (tertiary/aromatic N) is 3. The van der Waals surface area contributed by atoms with Crippen LogP contribution in [0.4, 0.5) is 14.7 Å². The number of thiazole rings is 1. The zero-order chi connectivity index (χ0) is 19.3. The molecule has 1 aromatic heterocycles. The van der Waals surface area contributed by atoms with Crippen molar-refractivity contribution in [3.05, 3.63) is 11.6 Å². The normalized spacial score (nSPS) is 17.9. The van der Waals surface area contributed by atoms with Crippen molar-refractivity contribution < 1.29 is 14.3 Å². The van der Waals surface area contributed by atoms with Gasteiger partial charge in [-0.3, -0.25) is 5.32 Å². The standard InChI is InChI=1S/C18H30N4O3S/c1-13(2)22(17(24)25-18(3,4)5)12-14-7-6-9-21(11-14)16(23)20-15-19-8-10-26-15/h8,10,13-14H,6-7,9,11-12H2,1-5H3,(H,19,20,23)/t14-/m1/s1. The number of likely N-dealkylation sites (tertiary alicyclic amines) is 1. The Morgan fingerprint density at radius 2 is 2.19 bits per heavy atom. The number of ether oxygens (including phenoxy) is 1. The fourth-order valence-corrected chi connectivity index (χ4v) is 3.47. The zero-order valence-electron chi connectivity index (χ0n) is 16.3. The first-order valence-corrected chi connectivity index (χ1v) is 9.98. The smallest absolute Gasteiger partial charge is 0.410 e. The number of hydrogen-bond acceptors (Lipinski definition) is 5. The molecule has 7 nitrogen and oxygen atoms in total. The number of aromatic nitrogens is 1. The van der Waals surface area contributed by atoms with Gasteiger partial charge in [-0.2, -0.15) is 0 Å². The molecule has 1 aliphatic rings.